The van der Waals surface area contributed by atoms with Gasteiger partial charge in [-0.3, -0.25) is 9.69 Å². The summed E-state index contributed by atoms with van der Waals surface area (Å²) in [4.78, 5) is 28.0. The van der Waals surface area contributed by atoms with Gasteiger partial charge in [-0.2, -0.15) is 0 Å². The van der Waals surface area contributed by atoms with Gasteiger partial charge in [-0.1, -0.05) is 6.07 Å². The van der Waals surface area contributed by atoms with Gasteiger partial charge < -0.3 is 15.5 Å². The number of rotatable bonds is 7. The molecule has 1 aliphatic heterocycles. The number of fused-ring (bicyclic) bond motifs is 1. The number of hydrogen-bond acceptors (Lipinski definition) is 7. The summed E-state index contributed by atoms with van der Waals surface area (Å²) in [6.07, 6.45) is 4.05. The Morgan fingerprint density at radius 1 is 1.27 bits per heavy atom. The molecule has 2 aliphatic rings. The van der Waals surface area contributed by atoms with Gasteiger partial charge in [0, 0.05) is 66.7 Å². The van der Waals surface area contributed by atoms with Crippen molar-refractivity contribution >= 4 is 33.3 Å². The van der Waals surface area contributed by atoms with Crippen molar-refractivity contribution in [2.24, 2.45) is 0 Å². The number of aromatic nitrogens is 2. The molecule has 2 aromatic heterocycles. The SMILES string of the molecule is Cc1cnc(NCCN2CCN(C)C[C@H]2C)nc1-c1cc2c(C(=O)NC3CC3)cccc2s1. The molecule has 3 heterocycles. The molecule has 1 saturated heterocycles. The molecule has 0 bridgehead atoms. The van der Waals surface area contributed by atoms with Crippen LogP contribution in [0.1, 0.15) is 35.7 Å². The molecule has 2 fully saturated rings. The van der Waals surface area contributed by atoms with E-state index in [9.17, 15) is 4.79 Å². The molecule has 1 aliphatic carbocycles. The molecule has 33 heavy (non-hydrogen) atoms. The molecule has 0 spiro atoms. The molecule has 0 unspecified atom stereocenters. The number of nitrogens with one attached hydrogen (secondary N) is 2. The van der Waals surface area contributed by atoms with Gasteiger partial charge in [-0.25, -0.2) is 9.97 Å². The Kier molecular flexibility index (Phi) is 6.32. The van der Waals surface area contributed by atoms with Gasteiger partial charge in [0.05, 0.1) is 10.6 Å². The van der Waals surface area contributed by atoms with E-state index in [1.807, 2.05) is 25.3 Å². The summed E-state index contributed by atoms with van der Waals surface area (Å²) >= 11 is 1.68. The number of benzene rings is 1. The molecule has 8 heteroatoms. The van der Waals surface area contributed by atoms with Gasteiger partial charge in [0.25, 0.3) is 5.91 Å². The zero-order valence-corrected chi connectivity index (χ0v) is 20.4. The standard InChI is InChI=1S/C25H32N6OS/c1-16-14-27-25(26-9-10-31-12-11-30(3)15-17(31)2)29-23(16)22-13-20-19(5-4-6-21(20)33-22)24(32)28-18-7-8-18/h4-6,13-14,17-18H,7-12,15H2,1-3H3,(H,28,32)(H,26,27,29)/t17-/m1/s1. The smallest absolute Gasteiger partial charge is 0.252 e. The maximum absolute atomic E-state index is 12.7. The topological polar surface area (TPSA) is 73.4 Å². The van der Waals surface area contributed by atoms with Crippen LogP contribution in [-0.4, -0.2) is 77.5 Å². The van der Waals surface area contributed by atoms with Crippen LogP contribution in [0.15, 0.2) is 30.5 Å². The number of nitrogens with zero attached hydrogens (tertiary/aromatic N) is 4. The van der Waals surface area contributed by atoms with Crippen molar-refractivity contribution in [2.75, 3.05) is 45.1 Å². The highest BCUT2D eigenvalue weighted by molar-refractivity contribution is 7.22. The zero-order chi connectivity index (χ0) is 22.9. The first-order valence-corrected chi connectivity index (χ1v) is 12.6. The lowest BCUT2D eigenvalue weighted by Crippen LogP contribution is -2.51. The van der Waals surface area contributed by atoms with Crippen LogP contribution in [0.2, 0.25) is 0 Å². The average molecular weight is 465 g/mol. The lowest BCUT2D eigenvalue weighted by Gasteiger charge is -2.38. The second-order valence-electron chi connectivity index (χ2n) is 9.38. The lowest BCUT2D eigenvalue weighted by atomic mass is 10.1. The van der Waals surface area contributed by atoms with Gasteiger partial charge in [0.2, 0.25) is 5.95 Å². The molecule has 1 aromatic carbocycles. The first-order chi connectivity index (χ1) is 16.0. The number of likely N-dealkylation sites (N-methyl/N-ethyl adjacent to an activating group) is 1. The number of amides is 1. The maximum atomic E-state index is 12.7. The normalized spacial score (nSPS) is 19.7. The first-order valence-electron chi connectivity index (χ1n) is 11.8. The summed E-state index contributed by atoms with van der Waals surface area (Å²) in [5.74, 6) is 0.675. The number of thiophene rings is 1. The Morgan fingerprint density at radius 2 is 2.12 bits per heavy atom. The minimum atomic E-state index is 0.0207. The number of piperazine rings is 1. The van der Waals surface area contributed by atoms with Crippen LogP contribution in [0.3, 0.4) is 0 Å². The van der Waals surface area contributed by atoms with Crippen LogP contribution < -0.4 is 10.6 Å². The fourth-order valence-corrected chi connectivity index (χ4v) is 5.61. The van der Waals surface area contributed by atoms with Crippen LogP contribution >= 0.6 is 11.3 Å². The van der Waals surface area contributed by atoms with Crippen molar-refractivity contribution in [3.05, 3.63) is 41.6 Å². The van der Waals surface area contributed by atoms with Gasteiger partial charge in [-0.15, -0.1) is 11.3 Å². The van der Waals surface area contributed by atoms with E-state index in [-0.39, 0.29) is 5.91 Å². The highest BCUT2D eigenvalue weighted by Crippen LogP contribution is 2.36. The van der Waals surface area contributed by atoms with Gasteiger partial charge in [-0.05, 0) is 57.5 Å². The third-order valence-electron chi connectivity index (χ3n) is 6.57. The summed E-state index contributed by atoms with van der Waals surface area (Å²) in [6, 6.07) is 8.96. The molecule has 2 N–H and O–H groups in total. The number of hydrogen-bond donors (Lipinski definition) is 2. The largest absolute Gasteiger partial charge is 0.353 e. The third kappa shape index (κ3) is 5.03. The fraction of sp³-hybridized carbons (Fsp3) is 0.480. The van der Waals surface area contributed by atoms with E-state index in [1.54, 1.807) is 11.3 Å². The van der Waals surface area contributed by atoms with Crippen LogP contribution in [0.25, 0.3) is 20.7 Å². The molecule has 0 radical (unpaired) electrons. The summed E-state index contributed by atoms with van der Waals surface area (Å²) in [5.41, 5.74) is 2.70. The van der Waals surface area contributed by atoms with Crippen LogP contribution in [0, 0.1) is 6.92 Å². The summed E-state index contributed by atoms with van der Waals surface area (Å²) < 4.78 is 1.10. The summed E-state index contributed by atoms with van der Waals surface area (Å²) in [5, 5.41) is 7.52. The molecular weight excluding hydrogens is 432 g/mol. The number of aryl methyl sites for hydroxylation is 1. The van der Waals surface area contributed by atoms with E-state index in [1.165, 1.54) is 0 Å². The van der Waals surface area contributed by atoms with E-state index >= 15 is 0 Å². The predicted octanol–water partition coefficient (Wildman–Crippen LogP) is 3.61. The second kappa shape index (κ2) is 9.37. The predicted molar refractivity (Wildman–Crippen MR) is 135 cm³/mol. The molecule has 1 amide bonds. The van der Waals surface area contributed by atoms with E-state index < -0.39 is 0 Å². The minimum absolute atomic E-state index is 0.0207. The Balaban J connectivity index is 1.32. The van der Waals surface area contributed by atoms with Crippen LogP contribution in [0.5, 0.6) is 0 Å². The van der Waals surface area contributed by atoms with E-state index in [2.05, 4.69) is 51.5 Å². The molecule has 3 aromatic rings. The number of carbonyl (C=O) groups excluding carboxylic acids is 1. The molecule has 174 valence electrons. The molecule has 1 saturated carbocycles. The summed E-state index contributed by atoms with van der Waals surface area (Å²) in [7, 11) is 2.18. The third-order valence-corrected chi connectivity index (χ3v) is 7.68. The average Bonchev–Trinajstić information content (AvgIpc) is 3.50. The lowest BCUT2D eigenvalue weighted by molar-refractivity contribution is 0.0952. The molecule has 5 rings (SSSR count). The Hall–Kier alpha value is -2.55. The fourth-order valence-electron chi connectivity index (χ4n) is 4.46. The number of carbonyl (C=O) groups is 1. The van der Waals surface area contributed by atoms with Crippen LogP contribution in [-0.2, 0) is 0 Å². The van der Waals surface area contributed by atoms with E-state index in [0.29, 0.717) is 18.0 Å². The summed E-state index contributed by atoms with van der Waals surface area (Å²) in [6.45, 7) is 9.43. The van der Waals surface area contributed by atoms with E-state index in [4.69, 9.17) is 4.98 Å². The Labute approximate surface area is 199 Å². The van der Waals surface area contributed by atoms with Gasteiger partial charge in [0.15, 0.2) is 0 Å². The van der Waals surface area contributed by atoms with E-state index in [0.717, 1.165) is 77.3 Å². The van der Waals surface area contributed by atoms with Crippen molar-refractivity contribution in [1.29, 1.82) is 0 Å². The highest BCUT2D eigenvalue weighted by Gasteiger charge is 2.25. The van der Waals surface area contributed by atoms with Crippen molar-refractivity contribution in [3.8, 4) is 10.6 Å². The van der Waals surface area contributed by atoms with Crippen molar-refractivity contribution in [1.82, 2.24) is 25.1 Å². The van der Waals surface area contributed by atoms with Crippen molar-refractivity contribution in [3.63, 3.8) is 0 Å². The second-order valence-corrected chi connectivity index (χ2v) is 10.5. The number of anilines is 1. The minimum Gasteiger partial charge on any atom is -0.353 e. The monoisotopic (exact) mass is 464 g/mol. The quantitative estimate of drug-likeness (QED) is 0.557. The van der Waals surface area contributed by atoms with Crippen LogP contribution in [0.4, 0.5) is 5.95 Å². The highest BCUT2D eigenvalue weighted by atomic mass is 32.1. The van der Waals surface area contributed by atoms with Gasteiger partial charge in [0.1, 0.15) is 0 Å². The Morgan fingerprint density at radius 3 is 2.91 bits per heavy atom. The first kappa shape index (κ1) is 22.3. The Bertz CT molecular complexity index is 1160. The van der Waals surface area contributed by atoms with Gasteiger partial charge >= 0.3 is 0 Å². The van der Waals surface area contributed by atoms with Crippen molar-refractivity contribution < 1.29 is 4.79 Å². The van der Waals surface area contributed by atoms with Crippen molar-refractivity contribution in [2.45, 2.75) is 38.8 Å². The molecular formula is C25H32N6OS. The molecule has 7 nitrogen and oxygen atoms in total. The zero-order valence-electron chi connectivity index (χ0n) is 19.6. The maximum Gasteiger partial charge on any atom is 0.252 e. The molecule has 1 atom stereocenters.